The molecule has 0 aliphatic carbocycles. The summed E-state index contributed by atoms with van der Waals surface area (Å²) < 4.78 is 28.5. The highest BCUT2D eigenvalue weighted by molar-refractivity contribution is 5.94. The number of hydrogen-bond acceptors (Lipinski definition) is 3. The zero-order chi connectivity index (χ0) is 15.4. The third-order valence-corrected chi connectivity index (χ3v) is 3.07. The monoisotopic (exact) mass is 299 g/mol. The zero-order valence-electron chi connectivity index (χ0n) is 11.3. The van der Waals surface area contributed by atoms with Gasteiger partial charge in [0.1, 0.15) is 11.8 Å². The Labute approximate surface area is 120 Å². The maximum absolute atomic E-state index is 12.1. The quantitative estimate of drug-likeness (QED) is 0.891. The SMILES string of the molecule is CC1C(=O)NCCN1C(=O)Nc1cccc(OC(F)F)c1. The molecule has 1 aliphatic rings. The Hall–Kier alpha value is -2.38. The summed E-state index contributed by atoms with van der Waals surface area (Å²) >= 11 is 0. The molecule has 1 aliphatic heterocycles. The van der Waals surface area contributed by atoms with Crippen molar-refractivity contribution in [2.75, 3.05) is 18.4 Å². The number of piperazine rings is 1. The molecule has 1 aromatic rings. The van der Waals surface area contributed by atoms with Crippen LogP contribution in [0.1, 0.15) is 6.92 Å². The third-order valence-electron chi connectivity index (χ3n) is 3.07. The normalized spacial score (nSPS) is 18.4. The van der Waals surface area contributed by atoms with E-state index in [1.807, 2.05) is 0 Å². The molecular weight excluding hydrogens is 284 g/mol. The van der Waals surface area contributed by atoms with Crippen LogP contribution in [0.3, 0.4) is 0 Å². The van der Waals surface area contributed by atoms with Crippen molar-refractivity contribution < 1.29 is 23.1 Å². The smallest absolute Gasteiger partial charge is 0.387 e. The molecule has 1 aromatic carbocycles. The molecule has 1 fully saturated rings. The number of amides is 3. The van der Waals surface area contributed by atoms with Gasteiger partial charge in [0.05, 0.1) is 0 Å². The number of benzene rings is 1. The van der Waals surface area contributed by atoms with E-state index in [0.29, 0.717) is 18.8 Å². The Morgan fingerprint density at radius 3 is 3.00 bits per heavy atom. The molecule has 1 unspecified atom stereocenters. The highest BCUT2D eigenvalue weighted by Crippen LogP contribution is 2.20. The average molecular weight is 299 g/mol. The number of rotatable bonds is 3. The summed E-state index contributed by atoms with van der Waals surface area (Å²) in [5, 5.41) is 5.21. The summed E-state index contributed by atoms with van der Waals surface area (Å²) in [6.45, 7) is -0.552. The summed E-state index contributed by atoms with van der Waals surface area (Å²) in [5.41, 5.74) is 0.316. The summed E-state index contributed by atoms with van der Waals surface area (Å²) in [7, 11) is 0. The van der Waals surface area contributed by atoms with E-state index in [1.54, 1.807) is 13.0 Å². The number of ether oxygens (including phenoxy) is 1. The predicted molar refractivity (Wildman–Crippen MR) is 71.3 cm³/mol. The van der Waals surface area contributed by atoms with Gasteiger partial charge in [0, 0.05) is 24.8 Å². The number of hydrogen-bond donors (Lipinski definition) is 2. The molecule has 3 amide bonds. The molecular formula is C13H15F2N3O3. The van der Waals surface area contributed by atoms with Crippen LogP contribution in [0, 0.1) is 0 Å². The Kier molecular flexibility index (Phi) is 4.56. The fourth-order valence-corrected chi connectivity index (χ4v) is 2.01. The van der Waals surface area contributed by atoms with Crippen LogP contribution in [0.4, 0.5) is 19.3 Å². The molecule has 0 radical (unpaired) electrons. The van der Waals surface area contributed by atoms with Crippen molar-refractivity contribution in [1.29, 1.82) is 0 Å². The minimum Gasteiger partial charge on any atom is -0.435 e. The first-order valence-corrected chi connectivity index (χ1v) is 6.37. The van der Waals surface area contributed by atoms with Gasteiger partial charge < -0.3 is 20.3 Å². The van der Waals surface area contributed by atoms with Gasteiger partial charge in [-0.05, 0) is 19.1 Å². The number of urea groups is 1. The van der Waals surface area contributed by atoms with E-state index in [2.05, 4.69) is 15.4 Å². The van der Waals surface area contributed by atoms with Crippen molar-refractivity contribution >= 4 is 17.6 Å². The van der Waals surface area contributed by atoms with Crippen molar-refractivity contribution in [3.05, 3.63) is 24.3 Å². The van der Waals surface area contributed by atoms with Crippen molar-refractivity contribution in [3.63, 3.8) is 0 Å². The number of carbonyl (C=O) groups excluding carboxylic acids is 2. The molecule has 114 valence electrons. The second-order valence-corrected chi connectivity index (χ2v) is 4.50. The molecule has 21 heavy (non-hydrogen) atoms. The third kappa shape index (κ3) is 3.80. The van der Waals surface area contributed by atoms with Gasteiger partial charge in [0.15, 0.2) is 0 Å². The lowest BCUT2D eigenvalue weighted by Crippen LogP contribution is -2.56. The summed E-state index contributed by atoms with van der Waals surface area (Å²) in [6.07, 6.45) is 0. The first kappa shape index (κ1) is 15.0. The average Bonchev–Trinajstić information content (AvgIpc) is 2.41. The number of halogens is 2. The minimum absolute atomic E-state index is 0.0489. The lowest BCUT2D eigenvalue weighted by atomic mass is 10.2. The first-order chi connectivity index (χ1) is 9.97. The Balaban J connectivity index is 2.03. The number of alkyl halides is 2. The maximum Gasteiger partial charge on any atom is 0.387 e. The van der Waals surface area contributed by atoms with E-state index in [1.165, 1.54) is 23.1 Å². The van der Waals surface area contributed by atoms with Gasteiger partial charge >= 0.3 is 12.6 Å². The van der Waals surface area contributed by atoms with Gasteiger partial charge in [0.25, 0.3) is 0 Å². The highest BCUT2D eigenvalue weighted by Gasteiger charge is 2.29. The molecule has 2 rings (SSSR count). The molecule has 6 nitrogen and oxygen atoms in total. The molecule has 1 heterocycles. The lowest BCUT2D eigenvalue weighted by molar-refractivity contribution is -0.126. The van der Waals surface area contributed by atoms with Crippen LogP contribution in [0.2, 0.25) is 0 Å². The molecule has 0 saturated carbocycles. The van der Waals surface area contributed by atoms with Crippen LogP contribution >= 0.6 is 0 Å². The molecule has 0 spiro atoms. The van der Waals surface area contributed by atoms with Crippen molar-refractivity contribution in [2.45, 2.75) is 19.6 Å². The van der Waals surface area contributed by atoms with Crippen LogP contribution in [-0.2, 0) is 4.79 Å². The number of nitrogens with zero attached hydrogens (tertiary/aromatic N) is 1. The molecule has 8 heteroatoms. The molecule has 0 aromatic heterocycles. The van der Waals surface area contributed by atoms with Gasteiger partial charge in [-0.15, -0.1) is 0 Å². The van der Waals surface area contributed by atoms with E-state index in [4.69, 9.17) is 0 Å². The largest absolute Gasteiger partial charge is 0.435 e. The van der Waals surface area contributed by atoms with Crippen LogP contribution < -0.4 is 15.4 Å². The van der Waals surface area contributed by atoms with Gasteiger partial charge in [-0.3, -0.25) is 4.79 Å². The van der Waals surface area contributed by atoms with Crippen molar-refractivity contribution in [3.8, 4) is 5.75 Å². The van der Waals surface area contributed by atoms with Crippen LogP contribution in [-0.4, -0.2) is 42.6 Å². The maximum atomic E-state index is 12.1. The number of carbonyl (C=O) groups is 2. The minimum atomic E-state index is -2.93. The highest BCUT2D eigenvalue weighted by atomic mass is 19.3. The van der Waals surface area contributed by atoms with Crippen molar-refractivity contribution in [2.24, 2.45) is 0 Å². The van der Waals surface area contributed by atoms with E-state index in [0.717, 1.165) is 0 Å². The van der Waals surface area contributed by atoms with Crippen LogP contribution in [0.25, 0.3) is 0 Å². The topological polar surface area (TPSA) is 70.7 Å². The Bertz CT molecular complexity index is 539. The number of nitrogens with one attached hydrogen (secondary N) is 2. The van der Waals surface area contributed by atoms with E-state index >= 15 is 0 Å². The fraction of sp³-hybridized carbons (Fsp3) is 0.385. The molecule has 0 bridgehead atoms. The van der Waals surface area contributed by atoms with Gasteiger partial charge in [-0.1, -0.05) is 6.07 Å². The standard InChI is InChI=1S/C13H15F2N3O3/c1-8-11(19)16-5-6-18(8)13(20)17-9-3-2-4-10(7-9)21-12(14)15/h2-4,7-8,12H,5-6H2,1H3,(H,16,19)(H,17,20). The van der Waals surface area contributed by atoms with Crippen LogP contribution in [0.5, 0.6) is 5.75 Å². The summed E-state index contributed by atoms with van der Waals surface area (Å²) in [5.74, 6) is -0.279. The molecule has 1 atom stereocenters. The second kappa shape index (κ2) is 6.38. The molecule has 2 N–H and O–H groups in total. The first-order valence-electron chi connectivity index (χ1n) is 6.37. The van der Waals surface area contributed by atoms with Crippen LogP contribution in [0.15, 0.2) is 24.3 Å². The lowest BCUT2D eigenvalue weighted by Gasteiger charge is -2.32. The predicted octanol–water partition coefficient (Wildman–Crippen LogP) is 1.64. The summed E-state index contributed by atoms with van der Waals surface area (Å²) in [6, 6.07) is 4.63. The van der Waals surface area contributed by atoms with Crippen molar-refractivity contribution in [1.82, 2.24) is 10.2 Å². The Morgan fingerprint density at radius 2 is 2.29 bits per heavy atom. The van der Waals surface area contributed by atoms with Gasteiger partial charge in [0.2, 0.25) is 5.91 Å². The zero-order valence-corrected chi connectivity index (χ0v) is 11.3. The van der Waals surface area contributed by atoms with E-state index in [-0.39, 0.29) is 11.7 Å². The van der Waals surface area contributed by atoms with Gasteiger partial charge in [-0.25, -0.2) is 4.79 Å². The molecule has 1 saturated heterocycles. The van der Waals surface area contributed by atoms with Gasteiger partial charge in [-0.2, -0.15) is 8.78 Å². The summed E-state index contributed by atoms with van der Waals surface area (Å²) in [4.78, 5) is 25.0. The number of anilines is 1. The fourth-order valence-electron chi connectivity index (χ4n) is 2.01. The second-order valence-electron chi connectivity index (χ2n) is 4.50. The van der Waals surface area contributed by atoms with E-state index in [9.17, 15) is 18.4 Å². The van der Waals surface area contributed by atoms with E-state index < -0.39 is 18.7 Å². The Morgan fingerprint density at radius 1 is 1.52 bits per heavy atom.